The molecule has 0 radical (unpaired) electrons. The van der Waals surface area contributed by atoms with Gasteiger partial charge >= 0.3 is 6.03 Å². The van der Waals surface area contributed by atoms with Crippen molar-refractivity contribution in [3.05, 3.63) is 64.3 Å². The van der Waals surface area contributed by atoms with Gasteiger partial charge in [-0.1, -0.05) is 18.2 Å². The normalized spacial score (nSPS) is 10.4. The van der Waals surface area contributed by atoms with Crippen molar-refractivity contribution in [1.82, 2.24) is 15.1 Å². The SMILES string of the molecule is CCOc1ccccc1NC(=O)NCCn1nc(-c2cccs2)ccc1=O. The third-order valence-electron chi connectivity index (χ3n) is 3.68. The number of aromatic nitrogens is 2. The lowest BCUT2D eigenvalue weighted by molar-refractivity contribution is 0.251. The van der Waals surface area contributed by atoms with Gasteiger partial charge in [-0.2, -0.15) is 5.10 Å². The molecule has 0 fully saturated rings. The molecule has 0 aliphatic heterocycles. The number of rotatable bonds is 7. The van der Waals surface area contributed by atoms with Crippen LogP contribution in [0.1, 0.15) is 6.92 Å². The van der Waals surface area contributed by atoms with Gasteiger partial charge < -0.3 is 15.4 Å². The highest BCUT2D eigenvalue weighted by atomic mass is 32.1. The molecular weight excluding hydrogens is 364 g/mol. The predicted octanol–water partition coefficient (Wildman–Crippen LogP) is 3.19. The molecule has 0 atom stereocenters. The first-order valence-electron chi connectivity index (χ1n) is 8.56. The Labute approximate surface area is 160 Å². The Bertz CT molecular complexity index is 954. The van der Waals surface area contributed by atoms with E-state index in [1.165, 1.54) is 10.7 Å². The Morgan fingerprint density at radius 2 is 2.04 bits per heavy atom. The number of amides is 2. The van der Waals surface area contributed by atoms with E-state index in [0.717, 1.165) is 10.6 Å². The molecule has 1 aromatic carbocycles. The molecule has 7 nitrogen and oxygen atoms in total. The Kier molecular flexibility index (Phi) is 6.22. The van der Waals surface area contributed by atoms with E-state index in [1.54, 1.807) is 29.5 Å². The van der Waals surface area contributed by atoms with Gasteiger partial charge in [-0.05, 0) is 36.6 Å². The molecule has 2 N–H and O–H groups in total. The minimum absolute atomic E-state index is 0.209. The molecule has 0 aliphatic rings. The summed E-state index contributed by atoms with van der Waals surface area (Å²) in [6.07, 6.45) is 0. The fourth-order valence-electron chi connectivity index (χ4n) is 2.46. The number of para-hydroxylation sites is 2. The Balaban J connectivity index is 1.58. The van der Waals surface area contributed by atoms with E-state index in [9.17, 15) is 9.59 Å². The van der Waals surface area contributed by atoms with Gasteiger partial charge in [0.05, 0.1) is 23.7 Å². The highest BCUT2D eigenvalue weighted by molar-refractivity contribution is 7.13. The summed E-state index contributed by atoms with van der Waals surface area (Å²) >= 11 is 1.56. The van der Waals surface area contributed by atoms with Crippen molar-refractivity contribution < 1.29 is 9.53 Å². The summed E-state index contributed by atoms with van der Waals surface area (Å²) in [5, 5.41) is 11.8. The lowest BCUT2D eigenvalue weighted by Crippen LogP contribution is -2.34. The largest absolute Gasteiger partial charge is 0.492 e. The van der Waals surface area contributed by atoms with Gasteiger partial charge in [0.2, 0.25) is 0 Å². The van der Waals surface area contributed by atoms with E-state index < -0.39 is 0 Å². The van der Waals surface area contributed by atoms with Gasteiger partial charge in [0.25, 0.3) is 5.56 Å². The molecule has 0 saturated carbocycles. The van der Waals surface area contributed by atoms with Crippen molar-refractivity contribution in [2.45, 2.75) is 13.5 Å². The number of hydrogen-bond acceptors (Lipinski definition) is 5. The molecule has 2 heterocycles. The Morgan fingerprint density at radius 3 is 2.81 bits per heavy atom. The predicted molar refractivity (Wildman–Crippen MR) is 106 cm³/mol. The minimum atomic E-state index is -0.371. The fraction of sp³-hybridized carbons (Fsp3) is 0.211. The summed E-state index contributed by atoms with van der Waals surface area (Å²) in [6, 6.07) is 13.9. The first-order chi connectivity index (χ1) is 13.2. The number of benzene rings is 1. The van der Waals surface area contributed by atoms with E-state index in [4.69, 9.17) is 4.74 Å². The van der Waals surface area contributed by atoms with Crippen LogP contribution >= 0.6 is 11.3 Å². The molecule has 0 spiro atoms. The van der Waals surface area contributed by atoms with E-state index in [-0.39, 0.29) is 24.7 Å². The van der Waals surface area contributed by atoms with Crippen molar-refractivity contribution >= 4 is 23.1 Å². The fourth-order valence-corrected chi connectivity index (χ4v) is 3.15. The molecule has 140 valence electrons. The highest BCUT2D eigenvalue weighted by Gasteiger charge is 2.08. The van der Waals surface area contributed by atoms with Crippen molar-refractivity contribution in [2.75, 3.05) is 18.5 Å². The van der Waals surface area contributed by atoms with Crippen LogP contribution in [0.25, 0.3) is 10.6 Å². The molecule has 27 heavy (non-hydrogen) atoms. The molecule has 0 unspecified atom stereocenters. The number of nitrogens with zero attached hydrogens (tertiary/aromatic N) is 2. The second-order valence-corrected chi connectivity index (χ2v) is 6.52. The summed E-state index contributed by atoms with van der Waals surface area (Å²) in [5.41, 5.74) is 1.12. The first-order valence-corrected chi connectivity index (χ1v) is 9.44. The van der Waals surface area contributed by atoms with Crippen LogP contribution in [0.15, 0.2) is 58.7 Å². The summed E-state index contributed by atoms with van der Waals surface area (Å²) in [4.78, 5) is 25.1. The quantitative estimate of drug-likeness (QED) is 0.655. The zero-order chi connectivity index (χ0) is 19.1. The maximum absolute atomic E-state index is 12.1. The molecule has 3 aromatic rings. The molecule has 0 saturated heterocycles. The lowest BCUT2D eigenvalue weighted by atomic mass is 10.3. The van der Waals surface area contributed by atoms with Crippen molar-refractivity contribution in [3.63, 3.8) is 0 Å². The number of anilines is 1. The Morgan fingerprint density at radius 1 is 1.19 bits per heavy atom. The molecule has 2 amide bonds. The average molecular weight is 384 g/mol. The maximum atomic E-state index is 12.1. The first kappa shape index (κ1) is 18.7. The zero-order valence-corrected chi connectivity index (χ0v) is 15.7. The number of carbonyl (C=O) groups excluding carboxylic acids is 1. The highest BCUT2D eigenvalue weighted by Crippen LogP contribution is 2.23. The van der Waals surface area contributed by atoms with E-state index in [2.05, 4.69) is 15.7 Å². The van der Waals surface area contributed by atoms with E-state index in [1.807, 2.05) is 36.6 Å². The van der Waals surface area contributed by atoms with Crippen LogP contribution in [-0.2, 0) is 6.54 Å². The number of urea groups is 1. The standard InChI is InChI=1S/C19H20N4O3S/c1-2-26-16-7-4-3-6-14(16)21-19(25)20-11-12-23-18(24)10-9-15(22-23)17-8-5-13-27-17/h3-10,13H,2,11-12H2,1H3,(H2,20,21,25). The van der Waals surface area contributed by atoms with Crippen LogP contribution in [-0.4, -0.2) is 29.0 Å². The lowest BCUT2D eigenvalue weighted by Gasteiger charge is -2.12. The van der Waals surface area contributed by atoms with E-state index in [0.29, 0.717) is 18.0 Å². The second-order valence-electron chi connectivity index (χ2n) is 5.57. The van der Waals surface area contributed by atoms with Crippen LogP contribution < -0.4 is 20.9 Å². The third kappa shape index (κ3) is 4.95. The molecule has 2 aromatic heterocycles. The third-order valence-corrected chi connectivity index (χ3v) is 4.58. The van der Waals surface area contributed by atoms with Crippen molar-refractivity contribution in [1.29, 1.82) is 0 Å². The van der Waals surface area contributed by atoms with Gasteiger partial charge in [0.1, 0.15) is 11.4 Å². The smallest absolute Gasteiger partial charge is 0.319 e. The van der Waals surface area contributed by atoms with Gasteiger partial charge in [-0.15, -0.1) is 11.3 Å². The van der Waals surface area contributed by atoms with Crippen LogP contribution in [0.3, 0.4) is 0 Å². The van der Waals surface area contributed by atoms with Crippen LogP contribution in [0.2, 0.25) is 0 Å². The van der Waals surface area contributed by atoms with Gasteiger partial charge in [0, 0.05) is 12.6 Å². The van der Waals surface area contributed by atoms with Crippen molar-refractivity contribution in [3.8, 4) is 16.3 Å². The monoisotopic (exact) mass is 384 g/mol. The summed E-state index contributed by atoms with van der Waals surface area (Å²) in [7, 11) is 0. The summed E-state index contributed by atoms with van der Waals surface area (Å²) in [6.45, 7) is 2.93. The molecule has 0 aliphatic carbocycles. The average Bonchev–Trinajstić information content (AvgIpc) is 3.20. The second kappa shape index (κ2) is 9.00. The molecule has 0 bridgehead atoms. The summed E-state index contributed by atoms with van der Waals surface area (Å²) in [5.74, 6) is 0.608. The maximum Gasteiger partial charge on any atom is 0.319 e. The van der Waals surface area contributed by atoms with Gasteiger partial charge in [-0.3, -0.25) is 4.79 Å². The Hall–Kier alpha value is -3.13. The van der Waals surface area contributed by atoms with Crippen molar-refractivity contribution in [2.24, 2.45) is 0 Å². The number of nitrogens with one attached hydrogen (secondary N) is 2. The van der Waals surface area contributed by atoms with Crippen LogP contribution in [0.4, 0.5) is 10.5 Å². The van der Waals surface area contributed by atoms with E-state index >= 15 is 0 Å². The topological polar surface area (TPSA) is 85.2 Å². The number of ether oxygens (including phenoxy) is 1. The summed E-state index contributed by atoms with van der Waals surface area (Å²) < 4.78 is 6.83. The number of hydrogen-bond donors (Lipinski definition) is 2. The van der Waals surface area contributed by atoms with Crippen LogP contribution in [0.5, 0.6) is 5.75 Å². The molecular formula is C19H20N4O3S. The van der Waals surface area contributed by atoms with Crippen LogP contribution in [0, 0.1) is 0 Å². The number of carbonyl (C=O) groups is 1. The minimum Gasteiger partial charge on any atom is -0.492 e. The van der Waals surface area contributed by atoms with Gasteiger partial charge in [-0.25, -0.2) is 9.48 Å². The molecule has 8 heteroatoms. The zero-order valence-electron chi connectivity index (χ0n) is 14.8. The molecule has 3 rings (SSSR count). The van der Waals surface area contributed by atoms with Gasteiger partial charge in [0.15, 0.2) is 0 Å². The number of thiophene rings is 1.